The van der Waals surface area contributed by atoms with Crippen LogP contribution < -0.4 is 0 Å². The number of likely N-dealkylation sites (tertiary alicyclic amines) is 1. The van der Waals surface area contributed by atoms with E-state index in [-0.39, 0.29) is 16.8 Å². The van der Waals surface area contributed by atoms with Gasteiger partial charge in [-0.25, -0.2) is 13.4 Å². The van der Waals surface area contributed by atoms with Crippen LogP contribution in [0.5, 0.6) is 0 Å². The number of amides is 1. The van der Waals surface area contributed by atoms with Crippen LogP contribution in [0.2, 0.25) is 5.15 Å². The number of piperidine rings is 1. The lowest BCUT2D eigenvalue weighted by atomic mass is 10.1. The number of hydrogen-bond donors (Lipinski definition) is 0. The molecule has 32 heavy (non-hydrogen) atoms. The maximum atomic E-state index is 13.1. The van der Waals surface area contributed by atoms with Crippen molar-refractivity contribution in [3.63, 3.8) is 0 Å². The quantitative estimate of drug-likeness (QED) is 0.444. The fourth-order valence-corrected chi connectivity index (χ4v) is 6.08. The van der Waals surface area contributed by atoms with E-state index in [0.29, 0.717) is 36.5 Å². The Morgan fingerprint density at radius 1 is 1.03 bits per heavy atom. The topological polar surface area (TPSA) is 84.9 Å². The summed E-state index contributed by atoms with van der Waals surface area (Å²) in [4.78, 5) is 19.5. The van der Waals surface area contributed by atoms with Gasteiger partial charge >= 0.3 is 0 Å². The zero-order chi connectivity index (χ0) is 22.3. The van der Waals surface area contributed by atoms with Crippen molar-refractivity contribution in [1.29, 1.82) is 0 Å². The number of halogens is 1. The molecule has 4 heterocycles. The highest BCUT2D eigenvalue weighted by Crippen LogP contribution is 2.28. The fraction of sp³-hybridized carbons (Fsp3) is 0.217. The number of fused-ring (bicyclic) bond motifs is 1. The van der Waals surface area contributed by atoms with Gasteiger partial charge in [-0.3, -0.25) is 9.20 Å². The van der Waals surface area contributed by atoms with Crippen LogP contribution in [0.1, 0.15) is 23.3 Å². The average Bonchev–Trinajstić information content (AvgIpc) is 3.48. The third kappa shape index (κ3) is 3.59. The molecule has 4 aromatic rings. The number of rotatable bonds is 4. The van der Waals surface area contributed by atoms with Crippen molar-refractivity contribution in [1.82, 2.24) is 14.3 Å². The standard InChI is InChI=1S/C23H20ClN3O4S/c24-22-21(25-20-7-6-16(14-27(20)22)17-10-13-31-15-17)23(28)26-11-8-19(9-12-26)32(29,30)18-4-2-1-3-5-18/h1-7,10,13-15,19H,8-9,11-12H2. The third-order valence-electron chi connectivity index (χ3n) is 5.86. The summed E-state index contributed by atoms with van der Waals surface area (Å²) in [6, 6.07) is 14.0. The minimum Gasteiger partial charge on any atom is -0.472 e. The molecule has 0 aliphatic carbocycles. The molecule has 1 aromatic carbocycles. The fourth-order valence-electron chi connectivity index (χ4n) is 4.07. The maximum Gasteiger partial charge on any atom is 0.275 e. The monoisotopic (exact) mass is 469 g/mol. The van der Waals surface area contributed by atoms with E-state index in [2.05, 4.69) is 4.98 Å². The number of benzene rings is 1. The Balaban J connectivity index is 1.35. The Kier molecular flexibility index (Phi) is 5.27. The average molecular weight is 470 g/mol. The molecular weight excluding hydrogens is 450 g/mol. The van der Waals surface area contributed by atoms with Crippen LogP contribution in [-0.2, 0) is 9.84 Å². The lowest BCUT2D eigenvalue weighted by Crippen LogP contribution is -2.42. The summed E-state index contributed by atoms with van der Waals surface area (Å²) in [5, 5.41) is -0.280. The highest BCUT2D eigenvalue weighted by molar-refractivity contribution is 7.92. The summed E-state index contributed by atoms with van der Waals surface area (Å²) in [5.74, 6) is -0.292. The zero-order valence-corrected chi connectivity index (χ0v) is 18.6. The van der Waals surface area contributed by atoms with Gasteiger partial charge in [0.1, 0.15) is 10.8 Å². The van der Waals surface area contributed by atoms with Crippen molar-refractivity contribution < 1.29 is 17.6 Å². The highest BCUT2D eigenvalue weighted by Gasteiger charge is 2.34. The number of imidazole rings is 1. The summed E-state index contributed by atoms with van der Waals surface area (Å²) in [7, 11) is -3.42. The van der Waals surface area contributed by atoms with Gasteiger partial charge < -0.3 is 9.32 Å². The summed E-state index contributed by atoms with van der Waals surface area (Å²) >= 11 is 6.52. The first-order chi connectivity index (χ1) is 15.4. The van der Waals surface area contributed by atoms with Crippen LogP contribution in [0.4, 0.5) is 0 Å². The van der Waals surface area contributed by atoms with E-state index in [0.717, 1.165) is 11.1 Å². The van der Waals surface area contributed by atoms with E-state index >= 15 is 0 Å². The van der Waals surface area contributed by atoms with Gasteiger partial charge in [-0.1, -0.05) is 29.8 Å². The van der Waals surface area contributed by atoms with Gasteiger partial charge in [0, 0.05) is 30.4 Å². The smallest absolute Gasteiger partial charge is 0.275 e. The normalized spacial score (nSPS) is 15.3. The Morgan fingerprint density at radius 3 is 2.47 bits per heavy atom. The van der Waals surface area contributed by atoms with Crippen molar-refractivity contribution in [2.24, 2.45) is 0 Å². The molecule has 0 atom stereocenters. The van der Waals surface area contributed by atoms with Crippen LogP contribution >= 0.6 is 11.6 Å². The van der Waals surface area contributed by atoms with Gasteiger partial charge in [0.25, 0.3) is 5.91 Å². The van der Waals surface area contributed by atoms with Crippen LogP contribution in [0, 0.1) is 0 Å². The van der Waals surface area contributed by atoms with E-state index < -0.39 is 15.1 Å². The predicted octanol–water partition coefficient (Wildman–Crippen LogP) is 4.33. The molecule has 5 rings (SSSR count). The van der Waals surface area contributed by atoms with E-state index in [4.69, 9.17) is 16.0 Å². The SMILES string of the molecule is O=C(c1nc2ccc(-c3ccoc3)cn2c1Cl)N1CCC(S(=O)(=O)c2ccccc2)CC1. The molecule has 0 N–H and O–H groups in total. The predicted molar refractivity (Wildman–Crippen MR) is 120 cm³/mol. The summed E-state index contributed by atoms with van der Waals surface area (Å²) in [6.07, 6.45) is 5.78. The number of carbonyl (C=O) groups excluding carboxylic acids is 1. The van der Waals surface area contributed by atoms with E-state index in [9.17, 15) is 13.2 Å². The molecule has 1 aliphatic rings. The minimum absolute atomic E-state index is 0.167. The second kappa shape index (κ2) is 8.11. The van der Waals surface area contributed by atoms with Crippen molar-refractivity contribution in [3.8, 4) is 11.1 Å². The van der Waals surface area contributed by atoms with Gasteiger partial charge in [-0.2, -0.15) is 0 Å². The molecule has 9 heteroatoms. The second-order valence-corrected chi connectivity index (χ2v) is 10.3. The minimum atomic E-state index is -3.42. The van der Waals surface area contributed by atoms with E-state index in [1.54, 1.807) is 58.2 Å². The number of aromatic nitrogens is 2. The number of carbonyl (C=O) groups is 1. The summed E-state index contributed by atoms with van der Waals surface area (Å²) in [5.41, 5.74) is 2.51. The number of nitrogens with zero attached hydrogens (tertiary/aromatic N) is 3. The number of pyridine rings is 1. The molecule has 3 aromatic heterocycles. The molecule has 0 saturated carbocycles. The molecule has 0 unspecified atom stereocenters. The van der Waals surface area contributed by atoms with Crippen molar-refractivity contribution in [3.05, 3.63) is 78.1 Å². The molecule has 1 saturated heterocycles. The molecule has 0 bridgehead atoms. The van der Waals surface area contributed by atoms with E-state index in [1.807, 2.05) is 18.3 Å². The van der Waals surface area contributed by atoms with Crippen LogP contribution in [0.15, 0.2) is 76.6 Å². The zero-order valence-electron chi connectivity index (χ0n) is 17.0. The Morgan fingerprint density at radius 2 is 1.78 bits per heavy atom. The van der Waals surface area contributed by atoms with Gasteiger partial charge in [0.05, 0.1) is 22.7 Å². The molecular formula is C23H20ClN3O4S. The van der Waals surface area contributed by atoms with Crippen molar-refractivity contribution >= 4 is 33.0 Å². The first kappa shape index (κ1) is 20.8. The molecule has 1 aliphatic heterocycles. The second-order valence-electron chi connectivity index (χ2n) is 7.76. The Labute approximate surface area is 190 Å². The number of furan rings is 1. The van der Waals surface area contributed by atoms with Crippen molar-refractivity contribution in [2.45, 2.75) is 23.0 Å². The number of sulfone groups is 1. The van der Waals surface area contributed by atoms with Crippen LogP contribution in [0.3, 0.4) is 0 Å². The first-order valence-electron chi connectivity index (χ1n) is 10.2. The number of hydrogen-bond acceptors (Lipinski definition) is 5. The highest BCUT2D eigenvalue weighted by atomic mass is 35.5. The van der Waals surface area contributed by atoms with Gasteiger partial charge in [-0.15, -0.1) is 0 Å². The van der Waals surface area contributed by atoms with Gasteiger partial charge in [0.15, 0.2) is 15.5 Å². The molecule has 164 valence electrons. The summed E-state index contributed by atoms with van der Waals surface area (Å²) < 4.78 is 32.6. The van der Waals surface area contributed by atoms with Gasteiger partial charge in [-0.05, 0) is 43.2 Å². The first-order valence-corrected chi connectivity index (χ1v) is 12.2. The third-order valence-corrected chi connectivity index (χ3v) is 8.50. The van der Waals surface area contributed by atoms with Crippen LogP contribution in [0.25, 0.3) is 16.8 Å². The van der Waals surface area contributed by atoms with Crippen molar-refractivity contribution in [2.75, 3.05) is 13.1 Å². The van der Waals surface area contributed by atoms with Gasteiger partial charge in [0.2, 0.25) is 0 Å². The Hall–Kier alpha value is -3.10. The van der Waals surface area contributed by atoms with E-state index in [1.165, 1.54) is 0 Å². The molecule has 1 amide bonds. The molecule has 0 radical (unpaired) electrons. The van der Waals surface area contributed by atoms with Crippen LogP contribution in [-0.4, -0.2) is 46.9 Å². The molecule has 1 fully saturated rings. The molecule has 7 nitrogen and oxygen atoms in total. The lowest BCUT2D eigenvalue weighted by Gasteiger charge is -2.31. The maximum absolute atomic E-state index is 13.1. The summed E-state index contributed by atoms with van der Waals surface area (Å²) in [6.45, 7) is 0.667. The molecule has 0 spiro atoms. The largest absolute Gasteiger partial charge is 0.472 e. The Bertz CT molecular complexity index is 1370. The lowest BCUT2D eigenvalue weighted by molar-refractivity contribution is 0.0720.